The fraction of sp³-hybridized carbons (Fsp3) is 0.318. The third-order valence-electron chi connectivity index (χ3n) is 5.36. The molecule has 29 heavy (non-hydrogen) atoms. The number of likely N-dealkylation sites (tertiary alicyclic amines) is 1. The lowest BCUT2D eigenvalue weighted by Gasteiger charge is -2.28. The number of amides is 1. The number of quaternary nitrogens is 1. The number of carbonyl (C=O) groups is 2. The van der Waals surface area contributed by atoms with Crippen LogP contribution in [0.25, 0.3) is 5.76 Å². The molecule has 1 amide bonds. The Morgan fingerprint density at radius 1 is 1.10 bits per heavy atom. The highest BCUT2D eigenvalue weighted by molar-refractivity contribution is 6.46. The van der Waals surface area contributed by atoms with Crippen LogP contribution >= 0.6 is 0 Å². The van der Waals surface area contributed by atoms with Crippen molar-refractivity contribution < 1.29 is 24.0 Å². The van der Waals surface area contributed by atoms with Gasteiger partial charge in [-0.2, -0.15) is 0 Å². The maximum atomic E-state index is 13.5. The fourth-order valence-electron chi connectivity index (χ4n) is 3.63. The number of pyridine rings is 1. The third kappa shape index (κ3) is 4.19. The van der Waals surface area contributed by atoms with Crippen LogP contribution in [0.15, 0.2) is 54.4 Å². The molecule has 2 heterocycles. The minimum atomic E-state index is -0.828. The zero-order valence-electron chi connectivity index (χ0n) is 16.5. The molecule has 1 atom stereocenters. The van der Waals surface area contributed by atoms with Gasteiger partial charge in [-0.05, 0) is 49.2 Å². The van der Waals surface area contributed by atoms with Crippen molar-refractivity contribution in [1.82, 2.24) is 9.88 Å². The van der Waals surface area contributed by atoms with E-state index in [4.69, 9.17) is 0 Å². The molecule has 1 aliphatic rings. The van der Waals surface area contributed by atoms with Gasteiger partial charge in [0.1, 0.15) is 5.82 Å². The van der Waals surface area contributed by atoms with Crippen LogP contribution in [-0.4, -0.2) is 47.8 Å². The average Bonchev–Trinajstić information content (AvgIpc) is 3.00. The summed E-state index contributed by atoms with van der Waals surface area (Å²) < 4.78 is 13.5. The number of benzene rings is 1. The molecule has 152 valence electrons. The van der Waals surface area contributed by atoms with E-state index in [0.717, 1.165) is 13.1 Å². The van der Waals surface area contributed by atoms with E-state index in [1.165, 1.54) is 58.6 Å². The second-order valence-corrected chi connectivity index (χ2v) is 6.97. The predicted octanol–water partition coefficient (Wildman–Crippen LogP) is 0.369. The molecule has 2 aromatic rings. The number of Topliss-reactive ketones (excluding diaryl/α,β-unsaturated/α-hetero) is 1. The topological polar surface area (TPSA) is 77.8 Å². The number of nitrogens with zero attached hydrogens (tertiary/aromatic N) is 2. The Labute approximate surface area is 169 Å². The molecule has 0 aliphatic carbocycles. The number of halogens is 1. The fourth-order valence-corrected chi connectivity index (χ4v) is 3.63. The molecule has 1 aromatic carbocycles. The SMILES string of the molecule is CC[NH+](CC)CCN1C(=O)C(=O)C(=C([O-])c2ccncc2)C1c1ccc(F)cc1. The predicted molar refractivity (Wildman–Crippen MR) is 104 cm³/mol. The van der Waals surface area contributed by atoms with Crippen molar-refractivity contribution in [3.63, 3.8) is 0 Å². The van der Waals surface area contributed by atoms with Crippen molar-refractivity contribution in [2.45, 2.75) is 19.9 Å². The summed E-state index contributed by atoms with van der Waals surface area (Å²) in [5.74, 6) is -2.41. The summed E-state index contributed by atoms with van der Waals surface area (Å²) in [6.45, 7) is 6.87. The van der Waals surface area contributed by atoms with Gasteiger partial charge in [-0.3, -0.25) is 14.6 Å². The Hall–Kier alpha value is -3.06. The number of hydrogen-bond donors (Lipinski definition) is 1. The van der Waals surface area contributed by atoms with Gasteiger partial charge in [0.05, 0.1) is 32.2 Å². The van der Waals surface area contributed by atoms with Crippen molar-refractivity contribution in [3.05, 3.63) is 71.3 Å². The van der Waals surface area contributed by atoms with Crippen molar-refractivity contribution in [1.29, 1.82) is 0 Å². The Balaban J connectivity index is 2.07. The number of likely N-dealkylation sites (N-methyl/N-ethyl adjacent to an activating group) is 1. The summed E-state index contributed by atoms with van der Waals surface area (Å²) in [6.07, 6.45) is 2.92. The molecule has 0 saturated carbocycles. The second-order valence-electron chi connectivity index (χ2n) is 6.97. The van der Waals surface area contributed by atoms with E-state index < -0.39 is 29.3 Å². The standard InChI is InChI=1S/C22H24FN3O3/c1-3-25(4-2)13-14-26-19(15-5-7-17(23)8-6-15)18(21(28)22(26)29)20(27)16-9-11-24-12-10-16/h5-12,19,27H,3-4,13-14H2,1-2H3. The van der Waals surface area contributed by atoms with Gasteiger partial charge in [-0.15, -0.1) is 0 Å². The highest BCUT2D eigenvalue weighted by Gasteiger charge is 2.44. The molecule has 1 aromatic heterocycles. The van der Waals surface area contributed by atoms with Gasteiger partial charge >= 0.3 is 0 Å². The zero-order valence-corrected chi connectivity index (χ0v) is 16.5. The van der Waals surface area contributed by atoms with E-state index in [1.807, 2.05) is 0 Å². The molecule has 1 fully saturated rings. The van der Waals surface area contributed by atoms with Gasteiger partial charge in [-0.25, -0.2) is 4.39 Å². The maximum Gasteiger partial charge on any atom is 0.295 e. The third-order valence-corrected chi connectivity index (χ3v) is 5.36. The highest BCUT2D eigenvalue weighted by atomic mass is 19.1. The normalized spacial score (nSPS) is 18.6. The summed E-state index contributed by atoms with van der Waals surface area (Å²) in [7, 11) is 0. The minimum absolute atomic E-state index is 0.0950. The molecule has 3 rings (SSSR count). The zero-order chi connectivity index (χ0) is 21.0. The van der Waals surface area contributed by atoms with Crippen LogP contribution in [0, 0.1) is 5.82 Å². The molecular weight excluding hydrogens is 373 g/mol. The number of carbonyl (C=O) groups excluding carboxylic acids is 2. The summed E-state index contributed by atoms with van der Waals surface area (Å²) >= 11 is 0. The van der Waals surface area contributed by atoms with Gasteiger partial charge < -0.3 is 14.9 Å². The van der Waals surface area contributed by atoms with Crippen LogP contribution in [0.1, 0.15) is 31.0 Å². The Morgan fingerprint density at radius 2 is 1.72 bits per heavy atom. The van der Waals surface area contributed by atoms with E-state index >= 15 is 0 Å². The average molecular weight is 397 g/mol. The Bertz CT molecular complexity index is 909. The molecule has 0 spiro atoms. The summed E-state index contributed by atoms with van der Waals surface area (Å²) in [4.78, 5) is 32.2. The van der Waals surface area contributed by atoms with E-state index in [2.05, 4.69) is 18.8 Å². The van der Waals surface area contributed by atoms with Gasteiger partial charge in [0.25, 0.3) is 5.91 Å². The number of aromatic nitrogens is 1. The van der Waals surface area contributed by atoms with Crippen molar-refractivity contribution >= 4 is 17.4 Å². The summed E-state index contributed by atoms with van der Waals surface area (Å²) in [5.41, 5.74) is 0.736. The quantitative estimate of drug-likeness (QED) is 0.416. The van der Waals surface area contributed by atoms with Crippen LogP contribution in [-0.2, 0) is 9.59 Å². The van der Waals surface area contributed by atoms with E-state index in [-0.39, 0.29) is 5.57 Å². The Kier molecular flexibility index (Phi) is 6.39. The first-order chi connectivity index (χ1) is 14.0. The molecule has 0 bridgehead atoms. The van der Waals surface area contributed by atoms with E-state index in [1.54, 1.807) is 0 Å². The van der Waals surface area contributed by atoms with Crippen LogP contribution in [0.5, 0.6) is 0 Å². The van der Waals surface area contributed by atoms with E-state index in [9.17, 15) is 19.1 Å². The van der Waals surface area contributed by atoms with Gasteiger partial charge in [0.15, 0.2) is 0 Å². The molecule has 0 radical (unpaired) electrons. The number of nitrogens with one attached hydrogen (secondary N) is 1. The molecule has 1 aliphatic heterocycles. The van der Waals surface area contributed by atoms with Crippen molar-refractivity contribution in [2.75, 3.05) is 26.2 Å². The van der Waals surface area contributed by atoms with Gasteiger partial charge in [0.2, 0.25) is 5.78 Å². The van der Waals surface area contributed by atoms with Gasteiger partial charge in [0, 0.05) is 18.0 Å². The highest BCUT2D eigenvalue weighted by Crippen LogP contribution is 2.38. The smallest absolute Gasteiger partial charge is 0.295 e. The number of ketones is 1. The molecular formula is C22H24FN3O3. The molecule has 7 heteroatoms. The van der Waals surface area contributed by atoms with Crippen LogP contribution in [0.3, 0.4) is 0 Å². The summed E-state index contributed by atoms with van der Waals surface area (Å²) in [5, 5.41) is 13.1. The monoisotopic (exact) mass is 397 g/mol. The lowest BCUT2D eigenvalue weighted by atomic mass is 9.95. The number of hydrogen-bond acceptors (Lipinski definition) is 4. The molecule has 1 saturated heterocycles. The molecule has 6 nitrogen and oxygen atoms in total. The van der Waals surface area contributed by atoms with Crippen LogP contribution in [0.2, 0.25) is 0 Å². The first-order valence-electron chi connectivity index (χ1n) is 9.73. The largest absolute Gasteiger partial charge is 0.872 e. The Morgan fingerprint density at radius 3 is 2.31 bits per heavy atom. The lowest BCUT2D eigenvalue weighted by Crippen LogP contribution is -3.12. The van der Waals surface area contributed by atoms with Crippen molar-refractivity contribution in [3.8, 4) is 0 Å². The van der Waals surface area contributed by atoms with Gasteiger partial charge in [-0.1, -0.05) is 17.9 Å². The van der Waals surface area contributed by atoms with Crippen LogP contribution < -0.4 is 10.0 Å². The van der Waals surface area contributed by atoms with Crippen LogP contribution in [0.4, 0.5) is 4.39 Å². The number of rotatable bonds is 7. The summed E-state index contributed by atoms with van der Waals surface area (Å²) in [6, 6.07) is 7.77. The maximum absolute atomic E-state index is 13.5. The molecule has 1 N–H and O–H groups in total. The van der Waals surface area contributed by atoms with E-state index in [0.29, 0.717) is 24.2 Å². The lowest BCUT2D eigenvalue weighted by molar-refractivity contribution is -0.895. The second kappa shape index (κ2) is 8.96. The molecule has 1 unspecified atom stereocenters. The first kappa shape index (κ1) is 20.7. The van der Waals surface area contributed by atoms with Crippen molar-refractivity contribution in [2.24, 2.45) is 0 Å². The minimum Gasteiger partial charge on any atom is -0.872 e. The first-order valence-corrected chi connectivity index (χ1v) is 9.73.